The van der Waals surface area contributed by atoms with Gasteiger partial charge in [0.15, 0.2) is 5.16 Å². The van der Waals surface area contributed by atoms with Crippen LogP contribution in [0.5, 0.6) is 11.6 Å². The van der Waals surface area contributed by atoms with E-state index in [1.54, 1.807) is 12.1 Å². The Hall–Kier alpha value is -2.35. The van der Waals surface area contributed by atoms with Gasteiger partial charge in [0, 0.05) is 30.5 Å². The molecule has 138 valence electrons. The van der Waals surface area contributed by atoms with Crippen molar-refractivity contribution in [2.75, 3.05) is 20.0 Å². The molecule has 1 aliphatic rings. The maximum absolute atomic E-state index is 13.6. The number of aromatic nitrogens is 2. The third-order valence-corrected chi connectivity index (χ3v) is 4.49. The number of hydrogen-bond acceptors (Lipinski definition) is 7. The summed E-state index contributed by atoms with van der Waals surface area (Å²) in [4.78, 5) is 20.7. The molecule has 1 aliphatic carbocycles. The van der Waals surface area contributed by atoms with Crippen LogP contribution in [0.25, 0.3) is 11.3 Å². The van der Waals surface area contributed by atoms with E-state index in [9.17, 15) is 9.18 Å². The Balaban J connectivity index is 2.00. The van der Waals surface area contributed by atoms with Crippen LogP contribution in [0.1, 0.15) is 19.8 Å². The van der Waals surface area contributed by atoms with Gasteiger partial charge in [-0.05, 0) is 25.3 Å². The third-order valence-electron chi connectivity index (χ3n) is 3.95. The van der Waals surface area contributed by atoms with Crippen molar-refractivity contribution in [3.05, 3.63) is 30.1 Å². The summed E-state index contributed by atoms with van der Waals surface area (Å²) in [6.45, 7) is 2.22. The summed E-state index contributed by atoms with van der Waals surface area (Å²) < 4.78 is 29.8. The number of carbonyl (C=O) groups is 1. The van der Waals surface area contributed by atoms with Crippen molar-refractivity contribution in [3.8, 4) is 22.9 Å². The largest absolute Gasteiger partial charge is 0.493 e. The molecule has 3 rings (SSSR count). The van der Waals surface area contributed by atoms with Gasteiger partial charge in [0.25, 0.3) is 0 Å². The van der Waals surface area contributed by atoms with Crippen LogP contribution in [0.15, 0.2) is 29.4 Å². The molecule has 0 amide bonds. The van der Waals surface area contributed by atoms with Crippen molar-refractivity contribution in [1.82, 2.24) is 9.97 Å². The first-order chi connectivity index (χ1) is 12.5. The molecule has 0 atom stereocenters. The lowest BCUT2D eigenvalue weighted by Gasteiger charge is -2.16. The fourth-order valence-corrected chi connectivity index (χ4v) is 2.89. The monoisotopic (exact) mass is 378 g/mol. The highest BCUT2D eigenvalue weighted by Crippen LogP contribution is 2.42. The minimum absolute atomic E-state index is 0.272. The van der Waals surface area contributed by atoms with Crippen LogP contribution in [0, 0.1) is 5.82 Å². The maximum atomic E-state index is 13.6. The number of hydrogen-bond donors (Lipinski definition) is 0. The Bertz CT molecular complexity index is 827. The van der Waals surface area contributed by atoms with E-state index >= 15 is 0 Å². The Labute approximate surface area is 155 Å². The van der Waals surface area contributed by atoms with Gasteiger partial charge in [-0.1, -0.05) is 11.8 Å². The summed E-state index contributed by atoms with van der Waals surface area (Å²) in [5, 5.41) is 0.477. The van der Waals surface area contributed by atoms with E-state index in [2.05, 4.69) is 9.97 Å². The zero-order valence-corrected chi connectivity index (χ0v) is 15.6. The molecule has 2 aromatic rings. The lowest BCUT2D eigenvalue weighted by molar-refractivity contribution is -0.151. The molecule has 0 saturated heterocycles. The highest BCUT2D eigenvalue weighted by atomic mass is 32.2. The average Bonchev–Trinajstić information content (AvgIpc) is 3.41. The number of carbonyl (C=O) groups excluding carboxylic acids is 1. The van der Waals surface area contributed by atoms with Gasteiger partial charge in [-0.2, -0.15) is 4.98 Å². The lowest BCUT2D eigenvalue weighted by atomic mass is 10.1. The van der Waals surface area contributed by atoms with Crippen molar-refractivity contribution in [2.45, 2.75) is 30.5 Å². The lowest BCUT2D eigenvalue weighted by Crippen LogP contribution is -2.31. The van der Waals surface area contributed by atoms with Crippen LogP contribution in [-0.4, -0.2) is 41.5 Å². The molecule has 1 heterocycles. The molecule has 0 N–H and O–H groups in total. The molecule has 1 saturated carbocycles. The topological polar surface area (TPSA) is 70.5 Å². The van der Waals surface area contributed by atoms with E-state index in [1.807, 2.05) is 13.2 Å². The second-order valence-corrected chi connectivity index (χ2v) is 6.51. The molecule has 8 heteroatoms. The van der Waals surface area contributed by atoms with Crippen LogP contribution in [-0.2, 0) is 9.53 Å². The quantitative estimate of drug-likeness (QED) is 0.415. The molecule has 1 aromatic heterocycles. The van der Waals surface area contributed by atoms with Crippen molar-refractivity contribution in [2.24, 2.45) is 0 Å². The number of esters is 1. The van der Waals surface area contributed by atoms with Gasteiger partial charge in [0.05, 0.1) is 19.4 Å². The molecule has 0 radical (unpaired) electrons. The van der Waals surface area contributed by atoms with E-state index in [0.29, 0.717) is 41.6 Å². The molecule has 26 heavy (non-hydrogen) atoms. The fourth-order valence-electron chi connectivity index (χ4n) is 2.52. The summed E-state index contributed by atoms with van der Waals surface area (Å²) in [7, 11) is 1.33. The van der Waals surface area contributed by atoms with Crippen LogP contribution >= 0.6 is 11.8 Å². The normalized spacial score (nSPS) is 14.6. The van der Waals surface area contributed by atoms with Crippen LogP contribution < -0.4 is 9.47 Å². The minimum Gasteiger partial charge on any atom is -0.493 e. The van der Waals surface area contributed by atoms with E-state index in [-0.39, 0.29) is 5.88 Å². The Morgan fingerprint density at radius 3 is 2.69 bits per heavy atom. The zero-order chi connectivity index (χ0) is 18.7. The molecule has 1 aromatic carbocycles. The van der Waals surface area contributed by atoms with Gasteiger partial charge in [0.2, 0.25) is 11.5 Å². The number of methoxy groups -OCH3 is 1. The number of rotatable bonds is 7. The molecular formula is C18H19FN2O4S. The summed E-state index contributed by atoms with van der Waals surface area (Å²) in [6.07, 6.45) is 2.99. The molecule has 0 aliphatic heterocycles. The first-order valence-corrected chi connectivity index (χ1v) is 9.37. The van der Waals surface area contributed by atoms with E-state index < -0.39 is 17.4 Å². The first-order valence-electron chi connectivity index (χ1n) is 8.14. The fraction of sp³-hybridized carbons (Fsp3) is 0.389. The Morgan fingerprint density at radius 2 is 2.08 bits per heavy atom. The molecule has 0 unspecified atom stereocenters. The highest BCUT2D eigenvalue weighted by molar-refractivity contribution is 7.98. The van der Waals surface area contributed by atoms with E-state index in [0.717, 1.165) is 0 Å². The maximum Gasteiger partial charge on any atom is 0.350 e. The smallest absolute Gasteiger partial charge is 0.350 e. The predicted molar refractivity (Wildman–Crippen MR) is 95.0 cm³/mol. The van der Waals surface area contributed by atoms with Crippen molar-refractivity contribution in [3.63, 3.8) is 0 Å². The summed E-state index contributed by atoms with van der Waals surface area (Å²) >= 11 is 1.34. The summed E-state index contributed by atoms with van der Waals surface area (Å²) in [5.41, 5.74) is 0.184. The predicted octanol–water partition coefficient (Wildman–Crippen LogP) is 3.49. The second kappa shape index (κ2) is 7.49. The average molecular weight is 378 g/mol. The van der Waals surface area contributed by atoms with Crippen LogP contribution in [0.3, 0.4) is 0 Å². The van der Waals surface area contributed by atoms with E-state index in [4.69, 9.17) is 14.2 Å². The van der Waals surface area contributed by atoms with E-state index in [1.165, 1.54) is 31.0 Å². The van der Waals surface area contributed by atoms with Gasteiger partial charge in [-0.25, -0.2) is 14.2 Å². The number of thioether (sulfide) groups is 1. The number of ether oxygens (including phenoxy) is 3. The Morgan fingerprint density at radius 1 is 1.31 bits per heavy atom. The SMILES string of the molecule is CCOc1cc(F)ccc1-c1cc(OC2(C(=O)OC)CC2)nc(SC)n1. The summed E-state index contributed by atoms with van der Waals surface area (Å²) in [6, 6.07) is 5.88. The number of benzene rings is 1. The van der Waals surface area contributed by atoms with Crippen LogP contribution in [0.2, 0.25) is 0 Å². The van der Waals surface area contributed by atoms with Gasteiger partial charge in [0.1, 0.15) is 11.6 Å². The van der Waals surface area contributed by atoms with Gasteiger partial charge in [-0.15, -0.1) is 0 Å². The van der Waals surface area contributed by atoms with Crippen LogP contribution in [0.4, 0.5) is 4.39 Å². The van der Waals surface area contributed by atoms with Crippen molar-refractivity contribution in [1.29, 1.82) is 0 Å². The third kappa shape index (κ3) is 3.75. The number of nitrogens with zero attached hydrogens (tertiary/aromatic N) is 2. The second-order valence-electron chi connectivity index (χ2n) is 5.74. The molecule has 0 spiro atoms. The molecule has 1 fully saturated rings. The minimum atomic E-state index is -0.971. The Kier molecular flexibility index (Phi) is 5.31. The first kappa shape index (κ1) is 18.4. The van der Waals surface area contributed by atoms with Gasteiger partial charge < -0.3 is 14.2 Å². The van der Waals surface area contributed by atoms with Crippen molar-refractivity contribution >= 4 is 17.7 Å². The highest BCUT2D eigenvalue weighted by Gasteiger charge is 2.54. The van der Waals surface area contributed by atoms with Gasteiger partial charge >= 0.3 is 5.97 Å². The molecule has 0 bridgehead atoms. The van der Waals surface area contributed by atoms with Gasteiger partial charge in [-0.3, -0.25) is 0 Å². The zero-order valence-electron chi connectivity index (χ0n) is 14.7. The molecular weight excluding hydrogens is 359 g/mol. The standard InChI is InChI=1S/C18H19FN2O4S/c1-4-24-14-9-11(19)5-6-12(14)13-10-15(21-17(20-13)26-3)25-18(7-8-18)16(22)23-2/h5-6,9-10H,4,7-8H2,1-3H3. The molecule has 6 nitrogen and oxygen atoms in total. The number of halogens is 1. The van der Waals surface area contributed by atoms with Crippen molar-refractivity contribution < 1.29 is 23.4 Å². The summed E-state index contributed by atoms with van der Waals surface area (Å²) in [5.74, 6) is -0.150.